The van der Waals surface area contributed by atoms with Crippen LogP contribution in [0.3, 0.4) is 0 Å². The van der Waals surface area contributed by atoms with Crippen molar-refractivity contribution >= 4 is 11.7 Å². The number of aromatic nitrogens is 3. The lowest BCUT2D eigenvalue weighted by molar-refractivity contribution is -0.135. The highest BCUT2D eigenvalue weighted by Gasteiger charge is 2.27. The lowest BCUT2D eigenvalue weighted by Gasteiger charge is -2.36. The van der Waals surface area contributed by atoms with Crippen molar-refractivity contribution in [2.24, 2.45) is 0 Å². The highest BCUT2D eigenvalue weighted by Crippen LogP contribution is 2.21. The number of amides is 1. The Bertz CT molecular complexity index is 1110. The van der Waals surface area contributed by atoms with Crippen molar-refractivity contribution in [2.75, 3.05) is 37.7 Å². The van der Waals surface area contributed by atoms with Crippen molar-refractivity contribution < 1.29 is 9.53 Å². The van der Waals surface area contributed by atoms with E-state index in [2.05, 4.69) is 15.0 Å². The quantitative estimate of drug-likeness (QED) is 0.595. The van der Waals surface area contributed by atoms with E-state index in [4.69, 9.17) is 4.74 Å². The number of nitrogens with zero attached hydrogens (tertiary/aromatic N) is 5. The maximum absolute atomic E-state index is 13.1. The molecular formula is C24H27N5O3. The van der Waals surface area contributed by atoms with Gasteiger partial charge < -0.3 is 14.5 Å². The summed E-state index contributed by atoms with van der Waals surface area (Å²) in [5.74, 6) is 1.58. The molecule has 2 aromatic heterocycles. The van der Waals surface area contributed by atoms with Gasteiger partial charge in [-0.1, -0.05) is 6.07 Å². The Labute approximate surface area is 187 Å². The predicted molar refractivity (Wildman–Crippen MR) is 123 cm³/mol. The third-order valence-electron chi connectivity index (χ3n) is 5.57. The number of carbonyl (C=O) groups is 1. The SMILES string of the molecule is CCOc1ccc(-c2ccc(=O)n(C(C)C(=O)N3CCN(c4ccccn4)CC3)n2)cc1. The molecular weight excluding hydrogens is 406 g/mol. The monoisotopic (exact) mass is 433 g/mol. The number of hydrogen-bond acceptors (Lipinski definition) is 6. The average molecular weight is 434 g/mol. The van der Waals surface area contributed by atoms with E-state index in [1.807, 2.05) is 49.4 Å². The first-order chi connectivity index (χ1) is 15.6. The molecule has 1 aliphatic rings. The van der Waals surface area contributed by atoms with Gasteiger partial charge in [0.2, 0.25) is 5.91 Å². The summed E-state index contributed by atoms with van der Waals surface area (Å²) in [6, 6.07) is 15.8. The van der Waals surface area contributed by atoms with E-state index in [-0.39, 0.29) is 11.5 Å². The van der Waals surface area contributed by atoms with Crippen molar-refractivity contribution in [2.45, 2.75) is 19.9 Å². The molecule has 3 aromatic rings. The summed E-state index contributed by atoms with van der Waals surface area (Å²) in [5, 5.41) is 4.49. The van der Waals surface area contributed by atoms with Crippen molar-refractivity contribution in [3.05, 3.63) is 71.1 Å². The molecule has 0 saturated carbocycles. The number of piperazine rings is 1. The van der Waals surface area contributed by atoms with Crippen LogP contribution in [0.25, 0.3) is 11.3 Å². The number of hydrogen-bond donors (Lipinski definition) is 0. The number of pyridine rings is 1. The standard InChI is InChI=1S/C24H27N5O3/c1-3-32-20-9-7-19(8-10-20)21-11-12-23(30)29(26-21)18(2)24(31)28-16-14-27(15-17-28)22-6-4-5-13-25-22/h4-13,18H,3,14-17H2,1-2H3. The largest absolute Gasteiger partial charge is 0.494 e. The highest BCUT2D eigenvalue weighted by molar-refractivity contribution is 5.80. The molecule has 0 radical (unpaired) electrons. The van der Waals surface area contributed by atoms with Crippen LogP contribution in [0, 0.1) is 0 Å². The predicted octanol–water partition coefficient (Wildman–Crippen LogP) is 2.61. The topological polar surface area (TPSA) is 80.6 Å². The van der Waals surface area contributed by atoms with Gasteiger partial charge >= 0.3 is 0 Å². The van der Waals surface area contributed by atoms with Crippen LogP contribution in [0.15, 0.2) is 65.6 Å². The van der Waals surface area contributed by atoms with Crippen LogP contribution in [0.4, 0.5) is 5.82 Å². The third kappa shape index (κ3) is 4.64. The van der Waals surface area contributed by atoms with Gasteiger partial charge in [-0.2, -0.15) is 5.10 Å². The van der Waals surface area contributed by atoms with Gasteiger partial charge in [0, 0.05) is 44.0 Å². The minimum absolute atomic E-state index is 0.107. The number of ether oxygens (including phenoxy) is 1. The zero-order chi connectivity index (χ0) is 22.5. The molecule has 166 valence electrons. The van der Waals surface area contributed by atoms with Gasteiger partial charge in [0.1, 0.15) is 17.6 Å². The van der Waals surface area contributed by atoms with E-state index >= 15 is 0 Å². The summed E-state index contributed by atoms with van der Waals surface area (Å²) in [5.41, 5.74) is 1.19. The Morgan fingerprint density at radius 3 is 2.44 bits per heavy atom. The second-order valence-electron chi connectivity index (χ2n) is 7.64. The number of benzene rings is 1. The fourth-order valence-electron chi connectivity index (χ4n) is 3.81. The molecule has 1 atom stereocenters. The molecule has 1 unspecified atom stereocenters. The van der Waals surface area contributed by atoms with Gasteiger partial charge in [0.25, 0.3) is 5.56 Å². The molecule has 0 bridgehead atoms. The van der Waals surface area contributed by atoms with E-state index in [9.17, 15) is 9.59 Å². The van der Waals surface area contributed by atoms with Crippen LogP contribution in [0.1, 0.15) is 19.9 Å². The molecule has 0 spiro atoms. The summed E-state index contributed by atoms with van der Waals surface area (Å²) in [7, 11) is 0. The van der Waals surface area contributed by atoms with E-state index in [1.54, 1.807) is 24.1 Å². The minimum atomic E-state index is -0.688. The number of rotatable bonds is 6. The van der Waals surface area contributed by atoms with Crippen LogP contribution in [0.5, 0.6) is 5.75 Å². The first-order valence-corrected chi connectivity index (χ1v) is 10.8. The lowest BCUT2D eigenvalue weighted by atomic mass is 10.1. The summed E-state index contributed by atoms with van der Waals surface area (Å²) in [6.07, 6.45) is 1.77. The van der Waals surface area contributed by atoms with E-state index < -0.39 is 6.04 Å². The first-order valence-electron chi connectivity index (χ1n) is 10.8. The van der Waals surface area contributed by atoms with Gasteiger partial charge in [-0.05, 0) is 56.3 Å². The molecule has 4 rings (SSSR count). The number of anilines is 1. The van der Waals surface area contributed by atoms with Crippen LogP contribution in [0.2, 0.25) is 0 Å². The molecule has 8 heteroatoms. The third-order valence-corrected chi connectivity index (χ3v) is 5.57. The van der Waals surface area contributed by atoms with Gasteiger partial charge in [-0.3, -0.25) is 9.59 Å². The van der Waals surface area contributed by atoms with Gasteiger partial charge in [0.05, 0.1) is 12.3 Å². The van der Waals surface area contributed by atoms with E-state index in [1.165, 1.54) is 10.7 Å². The Morgan fingerprint density at radius 1 is 1.03 bits per heavy atom. The molecule has 1 saturated heterocycles. The molecule has 1 fully saturated rings. The molecule has 3 heterocycles. The fourth-order valence-corrected chi connectivity index (χ4v) is 3.81. The Kier molecular flexibility index (Phi) is 6.49. The normalized spacial score (nSPS) is 14.8. The van der Waals surface area contributed by atoms with Gasteiger partial charge in [-0.25, -0.2) is 9.67 Å². The second kappa shape index (κ2) is 9.64. The Morgan fingerprint density at radius 2 is 1.78 bits per heavy atom. The molecule has 0 aliphatic carbocycles. The molecule has 1 aromatic carbocycles. The van der Waals surface area contributed by atoms with Crippen molar-refractivity contribution in [1.82, 2.24) is 19.7 Å². The number of carbonyl (C=O) groups excluding carboxylic acids is 1. The van der Waals surface area contributed by atoms with Gasteiger partial charge in [0.15, 0.2) is 0 Å². The van der Waals surface area contributed by atoms with Crippen molar-refractivity contribution in [3.8, 4) is 17.0 Å². The van der Waals surface area contributed by atoms with E-state index in [0.29, 0.717) is 38.5 Å². The first kappa shape index (κ1) is 21.5. The lowest BCUT2D eigenvalue weighted by Crippen LogP contribution is -2.51. The molecule has 8 nitrogen and oxygen atoms in total. The summed E-state index contributed by atoms with van der Waals surface area (Å²) in [4.78, 5) is 34.0. The average Bonchev–Trinajstić information content (AvgIpc) is 2.85. The van der Waals surface area contributed by atoms with Crippen LogP contribution in [-0.4, -0.2) is 58.4 Å². The second-order valence-corrected chi connectivity index (χ2v) is 7.64. The summed E-state index contributed by atoms with van der Waals surface area (Å²) in [6.45, 7) is 6.80. The van der Waals surface area contributed by atoms with Crippen molar-refractivity contribution in [3.63, 3.8) is 0 Å². The highest BCUT2D eigenvalue weighted by atomic mass is 16.5. The Hall–Kier alpha value is -3.68. The summed E-state index contributed by atoms with van der Waals surface area (Å²) >= 11 is 0. The zero-order valence-corrected chi connectivity index (χ0v) is 18.3. The summed E-state index contributed by atoms with van der Waals surface area (Å²) < 4.78 is 6.76. The minimum Gasteiger partial charge on any atom is -0.494 e. The van der Waals surface area contributed by atoms with Crippen LogP contribution >= 0.6 is 0 Å². The molecule has 1 aliphatic heterocycles. The molecule has 1 amide bonds. The molecule has 32 heavy (non-hydrogen) atoms. The van der Waals surface area contributed by atoms with Gasteiger partial charge in [-0.15, -0.1) is 0 Å². The van der Waals surface area contributed by atoms with Crippen LogP contribution in [-0.2, 0) is 4.79 Å². The maximum Gasteiger partial charge on any atom is 0.267 e. The van der Waals surface area contributed by atoms with E-state index in [0.717, 1.165) is 17.1 Å². The fraction of sp³-hybridized carbons (Fsp3) is 0.333. The maximum atomic E-state index is 13.1. The Balaban J connectivity index is 1.47. The smallest absolute Gasteiger partial charge is 0.267 e. The van der Waals surface area contributed by atoms with Crippen LogP contribution < -0.4 is 15.2 Å². The molecule has 0 N–H and O–H groups in total. The van der Waals surface area contributed by atoms with Crippen molar-refractivity contribution in [1.29, 1.82) is 0 Å². The zero-order valence-electron chi connectivity index (χ0n) is 18.3.